The van der Waals surface area contributed by atoms with E-state index in [1.165, 1.54) is 6.07 Å². The van der Waals surface area contributed by atoms with Crippen molar-refractivity contribution in [2.45, 2.75) is 26.7 Å². The summed E-state index contributed by atoms with van der Waals surface area (Å²) < 4.78 is 39.3. The third kappa shape index (κ3) is 6.54. The minimum atomic E-state index is -0.503. The molecule has 0 N–H and O–H groups in total. The fourth-order valence-electron chi connectivity index (χ4n) is 4.12. The lowest BCUT2D eigenvalue weighted by atomic mass is 9.97. The van der Waals surface area contributed by atoms with Gasteiger partial charge in [0.1, 0.15) is 19.0 Å². The number of esters is 1. The van der Waals surface area contributed by atoms with Crippen LogP contribution in [0.2, 0.25) is 0 Å². The standard InChI is InChI=1S/C33H30F2O3/c1-4-5-27-14-15-28(20-30(27)34)25-10-6-23(7-11-25)24-8-12-26(13-9-24)29-16-17-32(31(35)21-29)37-18-19-38-33(36)22(2)3/h6-17,20-21H,2,4-5,18-19H2,1,3H3. The smallest absolute Gasteiger partial charge is 0.333 e. The van der Waals surface area contributed by atoms with E-state index in [9.17, 15) is 13.6 Å². The maximum Gasteiger partial charge on any atom is 0.333 e. The molecule has 0 aliphatic carbocycles. The Balaban J connectivity index is 1.40. The summed E-state index contributed by atoms with van der Waals surface area (Å²) in [6, 6.07) is 26.1. The van der Waals surface area contributed by atoms with Gasteiger partial charge < -0.3 is 9.47 Å². The van der Waals surface area contributed by atoms with E-state index in [1.54, 1.807) is 25.1 Å². The van der Waals surface area contributed by atoms with Gasteiger partial charge in [0.15, 0.2) is 11.6 Å². The number of halogens is 2. The Bertz CT molecular complexity index is 1420. The first kappa shape index (κ1) is 26.8. The summed E-state index contributed by atoms with van der Waals surface area (Å²) in [7, 11) is 0. The molecule has 0 saturated heterocycles. The minimum Gasteiger partial charge on any atom is -0.487 e. The van der Waals surface area contributed by atoms with E-state index in [2.05, 4.69) is 6.58 Å². The van der Waals surface area contributed by atoms with Crippen LogP contribution in [-0.2, 0) is 16.0 Å². The highest BCUT2D eigenvalue weighted by atomic mass is 19.1. The Morgan fingerprint density at radius 2 is 1.18 bits per heavy atom. The highest BCUT2D eigenvalue weighted by Crippen LogP contribution is 2.30. The van der Waals surface area contributed by atoms with Crippen LogP contribution in [0, 0.1) is 11.6 Å². The quantitative estimate of drug-likeness (QED) is 0.122. The van der Waals surface area contributed by atoms with Gasteiger partial charge in [-0.05, 0) is 70.5 Å². The molecule has 5 heteroatoms. The molecule has 0 saturated carbocycles. The highest BCUT2D eigenvalue weighted by Gasteiger charge is 2.09. The van der Waals surface area contributed by atoms with Crippen molar-refractivity contribution in [3.8, 4) is 39.1 Å². The van der Waals surface area contributed by atoms with Crippen molar-refractivity contribution in [1.29, 1.82) is 0 Å². The van der Waals surface area contributed by atoms with Crippen LogP contribution in [0.25, 0.3) is 33.4 Å². The van der Waals surface area contributed by atoms with Crippen molar-refractivity contribution in [3.63, 3.8) is 0 Å². The van der Waals surface area contributed by atoms with E-state index in [0.29, 0.717) is 5.57 Å². The molecule has 0 aliphatic rings. The number of rotatable bonds is 10. The van der Waals surface area contributed by atoms with Crippen LogP contribution >= 0.6 is 0 Å². The number of hydrogen-bond acceptors (Lipinski definition) is 3. The van der Waals surface area contributed by atoms with Crippen LogP contribution in [-0.4, -0.2) is 19.2 Å². The molecule has 0 fully saturated rings. The van der Waals surface area contributed by atoms with Gasteiger partial charge in [0.25, 0.3) is 0 Å². The van der Waals surface area contributed by atoms with Crippen LogP contribution in [0.1, 0.15) is 25.8 Å². The first-order valence-electron chi connectivity index (χ1n) is 12.6. The Kier molecular flexibility index (Phi) is 8.70. The molecular weight excluding hydrogens is 482 g/mol. The lowest BCUT2D eigenvalue weighted by molar-refractivity contribution is -0.139. The summed E-state index contributed by atoms with van der Waals surface area (Å²) in [5.74, 6) is -1.07. The number of benzene rings is 4. The highest BCUT2D eigenvalue weighted by molar-refractivity contribution is 5.86. The van der Waals surface area contributed by atoms with Crippen LogP contribution in [0.5, 0.6) is 5.75 Å². The molecule has 0 heterocycles. The fraction of sp³-hybridized carbons (Fsp3) is 0.182. The van der Waals surface area contributed by atoms with E-state index in [4.69, 9.17) is 9.47 Å². The van der Waals surface area contributed by atoms with Crippen molar-refractivity contribution in [2.24, 2.45) is 0 Å². The SMILES string of the molecule is C=C(C)C(=O)OCCOc1ccc(-c2ccc(-c3ccc(-c4ccc(CCC)c(F)c4)cc3)cc2)cc1F. The van der Waals surface area contributed by atoms with E-state index in [-0.39, 0.29) is 24.8 Å². The molecule has 0 bridgehead atoms. The summed E-state index contributed by atoms with van der Waals surface area (Å²) in [5.41, 5.74) is 6.50. The van der Waals surface area contributed by atoms with Crippen molar-refractivity contribution in [3.05, 3.63) is 114 Å². The molecule has 0 amide bonds. The van der Waals surface area contributed by atoms with Gasteiger partial charge in [-0.1, -0.05) is 86.7 Å². The summed E-state index contributed by atoms with van der Waals surface area (Å²) in [4.78, 5) is 11.4. The Labute approximate surface area is 222 Å². The molecule has 4 aromatic rings. The molecule has 4 rings (SSSR count). The van der Waals surface area contributed by atoms with Crippen molar-refractivity contribution < 1.29 is 23.0 Å². The summed E-state index contributed by atoms with van der Waals surface area (Å²) in [6.45, 7) is 7.16. The number of ether oxygens (including phenoxy) is 2. The van der Waals surface area contributed by atoms with E-state index >= 15 is 0 Å². The minimum absolute atomic E-state index is 0.0114. The fourth-order valence-corrected chi connectivity index (χ4v) is 4.12. The number of aryl methyl sites for hydroxylation is 1. The zero-order valence-electron chi connectivity index (χ0n) is 21.6. The average molecular weight is 513 g/mol. The van der Waals surface area contributed by atoms with Gasteiger partial charge in [0.2, 0.25) is 0 Å². The maximum atomic E-state index is 14.6. The van der Waals surface area contributed by atoms with Gasteiger partial charge in [-0.2, -0.15) is 0 Å². The third-order valence-corrected chi connectivity index (χ3v) is 6.20. The molecule has 0 aromatic heterocycles. The molecular formula is C33H30F2O3. The van der Waals surface area contributed by atoms with Gasteiger partial charge in [-0.3, -0.25) is 0 Å². The summed E-state index contributed by atoms with van der Waals surface area (Å²) in [6.07, 6.45) is 1.65. The largest absolute Gasteiger partial charge is 0.487 e. The van der Waals surface area contributed by atoms with Crippen LogP contribution in [0.4, 0.5) is 8.78 Å². The zero-order chi connectivity index (χ0) is 27.1. The molecule has 0 spiro atoms. The van der Waals surface area contributed by atoms with Gasteiger partial charge >= 0.3 is 5.97 Å². The maximum absolute atomic E-state index is 14.6. The third-order valence-electron chi connectivity index (χ3n) is 6.20. The van der Waals surface area contributed by atoms with Crippen LogP contribution in [0.3, 0.4) is 0 Å². The molecule has 38 heavy (non-hydrogen) atoms. The summed E-state index contributed by atoms with van der Waals surface area (Å²) in [5, 5.41) is 0. The molecule has 0 aliphatic heterocycles. The average Bonchev–Trinajstić information content (AvgIpc) is 2.93. The second-order valence-electron chi connectivity index (χ2n) is 9.12. The Morgan fingerprint density at radius 3 is 1.66 bits per heavy atom. The summed E-state index contributed by atoms with van der Waals surface area (Å²) >= 11 is 0. The Morgan fingerprint density at radius 1 is 0.711 bits per heavy atom. The van der Waals surface area contributed by atoms with Gasteiger partial charge in [-0.25, -0.2) is 13.6 Å². The van der Waals surface area contributed by atoms with Gasteiger partial charge in [0.05, 0.1) is 0 Å². The van der Waals surface area contributed by atoms with Crippen molar-refractivity contribution in [1.82, 2.24) is 0 Å². The molecule has 3 nitrogen and oxygen atoms in total. The van der Waals surface area contributed by atoms with Crippen molar-refractivity contribution >= 4 is 5.97 Å². The lowest BCUT2D eigenvalue weighted by Crippen LogP contribution is -2.12. The van der Waals surface area contributed by atoms with E-state index in [0.717, 1.165) is 51.8 Å². The predicted octanol–water partition coefficient (Wildman–Crippen LogP) is 8.42. The normalized spacial score (nSPS) is 10.7. The Hall–Kier alpha value is -4.25. The number of carbonyl (C=O) groups is 1. The molecule has 0 atom stereocenters. The molecule has 0 unspecified atom stereocenters. The molecule has 194 valence electrons. The first-order valence-corrected chi connectivity index (χ1v) is 12.6. The second-order valence-corrected chi connectivity index (χ2v) is 9.12. The second kappa shape index (κ2) is 12.3. The van der Waals surface area contributed by atoms with E-state index in [1.807, 2.05) is 67.6 Å². The van der Waals surface area contributed by atoms with Crippen molar-refractivity contribution in [2.75, 3.05) is 13.2 Å². The zero-order valence-corrected chi connectivity index (χ0v) is 21.6. The monoisotopic (exact) mass is 512 g/mol. The molecule has 4 aromatic carbocycles. The van der Waals surface area contributed by atoms with Crippen LogP contribution < -0.4 is 4.74 Å². The predicted molar refractivity (Wildman–Crippen MR) is 148 cm³/mol. The number of carbonyl (C=O) groups excluding carboxylic acids is 1. The van der Waals surface area contributed by atoms with Gasteiger partial charge in [0, 0.05) is 5.57 Å². The lowest BCUT2D eigenvalue weighted by Gasteiger charge is -2.10. The van der Waals surface area contributed by atoms with Gasteiger partial charge in [-0.15, -0.1) is 0 Å². The topological polar surface area (TPSA) is 35.5 Å². The van der Waals surface area contributed by atoms with Crippen LogP contribution in [0.15, 0.2) is 97.1 Å². The van der Waals surface area contributed by atoms with E-state index < -0.39 is 11.8 Å². The first-order chi connectivity index (χ1) is 18.4. The number of hydrogen-bond donors (Lipinski definition) is 0. The molecule has 0 radical (unpaired) electrons.